The molecule has 2 N–H and O–H groups in total. The Morgan fingerprint density at radius 1 is 1.33 bits per heavy atom. The maximum Gasteiger partial charge on any atom is 0.324 e. The van der Waals surface area contributed by atoms with E-state index >= 15 is 0 Å². The number of oxazole rings is 1. The second kappa shape index (κ2) is 3.74. The average molecular weight is 263 g/mol. The summed E-state index contributed by atoms with van der Waals surface area (Å²) < 4.78 is 7.23. The lowest BCUT2D eigenvalue weighted by Gasteiger charge is -1.96. The van der Waals surface area contributed by atoms with Gasteiger partial charge < -0.3 is 10.2 Å². The summed E-state index contributed by atoms with van der Waals surface area (Å²) in [5, 5.41) is 4.92. The number of hydrogen-bond acceptors (Lipinski definition) is 4. The Balaban J connectivity index is 2.22. The number of benzene rings is 1. The van der Waals surface area contributed by atoms with Crippen molar-refractivity contribution in [3.63, 3.8) is 0 Å². The first kappa shape index (κ1) is 11.1. The maximum atomic E-state index is 6.10. The number of aromatic nitrogens is 3. The van der Waals surface area contributed by atoms with Crippen molar-refractivity contribution in [2.45, 2.75) is 13.8 Å². The van der Waals surface area contributed by atoms with Crippen LogP contribution in [0.15, 0.2) is 22.6 Å². The number of rotatable bonds is 1. The van der Waals surface area contributed by atoms with Gasteiger partial charge in [-0.2, -0.15) is 14.8 Å². The molecule has 0 aliphatic rings. The van der Waals surface area contributed by atoms with Crippen LogP contribution in [0.3, 0.4) is 0 Å². The molecule has 0 amide bonds. The molecular formula is C12H11ClN4O. The molecule has 3 aromatic rings. The third-order valence-electron chi connectivity index (χ3n) is 2.79. The van der Waals surface area contributed by atoms with Crippen molar-refractivity contribution in [1.82, 2.24) is 14.8 Å². The number of anilines is 1. The summed E-state index contributed by atoms with van der Waals surface area (Å²) in [5.74, 6) is 0. The minimum Gasteiger partial charge on any atom is -0.422 e. The monoisotopic (exact) mass is 262 g/mol. The second-order valence-corrected chi connectivity index (χ2v) is 4.50. The smallest absolute Gasteiger partial charge is 0.324 e. The van der Waals surface area contributed by atoms with E-state index in [4.69, 9.17) is 21.8 Å². The third kappa shape index (κ3) is 1.55. The number of halogens is 1. The van der Waals surface area contributed by atoms with Crippen molar-refractivity contribution >= 4 is 28.4 Å². The van der Waals surface area contributed by atoms with Gasteiger partial charge in [0.1, 0.15) is 5.52 Å². The summed E-state index contributed by atoms with van der Waals surface area (Å²) in [6.07, 6.45) is 0. The highest BCUT2D eigenvalue weighted by Crippen LogP contribution is 2.25. The summed E-state index contributed by atoms with van der Waals surface area (Å²) in [7, 11) is 0. The SMILES string of the molecule is Cc1nn(-c2nc3ccc(N)cc3o2)c(C)c1Cl. The molecule has 0 fully saturated rings. The van der Waals surface area contributed by atoms with Gasteiger partial charge in [0.2, 0.25) is 0 Å². The fourth-order valence-electron chi connectivity index (χ4n) is 1.83. The molecule has 6 heteroatoms. The fraction of sp³-hybridized carbons (Fsp3) is 0.167. The molecule has 0 radical (unpaired) electrons. The Labute approximate surface area is 108 Å². The van der Waals surface area contributed by atoms with E-state index in [0.717, 1.165) is 16.9 Å². The molecule has 0 aliphatic heterocycles. The van der Waals surface area contributed by atoms with Crippen molar-refractivity contribution in [2.75, 3.05) is 5.73 Å². The van der Waals surface area contributed by atoms with Crippen LogP contribution in [0, 0.1) is 13.8 Å². The molecule has 0 bridgehead atoms. The molecule has 1 aromatic carbocycles. The Kier molecular flexibility index (Phi) is 2.31. The van der Waals surface area contributed by atoms with E-state index in [9.17, 15) is 0 Å². The van der Waals surface area contributed by atoms with E-state index in [0.29, 0.717) is 22.3 Å². The Morgan fingerprint density at radius 2 is 2.11 bits per heavy atom. The lowest BCUT2D eigenvalue weighted by molar-refractivity contribution is 0.537. The quantitative estimate of drug-likeness (QED) is 0.685. The first-order valence-electron chi connectivity index (χ1n) is 5.44. The molecule has 2 aromatic heterocycles. The van der Waals surface area contributed by atoms with Gasteiger partial charge in [0.05, 0.1) is 16.4 Å². The van der Waals surface area contributed by atoms with Crippen molar-refractivity contribution in [1.29, 1.82) is 0 Å². The topological polar surface area (TPSA) is 69.9 Å². The van der Waals surface area contributed by atoms with Crippen LogP contribution in [0.4, 0.5) is 5.69 Å². The number of hydrogen-bond donors (Lipinski definition) is 1. The molecule has 92 valence electrons. The first-order chi connectivity index (χ1) is 8.56. The number of nitrogen functional groups attached to an aromatic ring is 1. The molecule has 3 rings (SSSR count). The van der Waals surface area contributed by atoms with Crippen LogP contribution in [-0.2, 0) is 0 Å². The molecule has 0 saturated heterocycles. The van der Waals surface area contributed by atoms with Gasteiger partial charge in [0.25, 0.3) is 0 Å². The predicted octanol–water partition coefficient (Wildman–Crippen LogP) is 2.87. The summed E-state index contributed by atoms with van der Waals surface area (Å²) in [5.41, 5.74) is 9.25. The molecule has 2 heterocycles. The van der Waals surface area contributed by atoms with Gasteiger partial charge in [-0.3, -0.25) is 0 Å². The van der Waals surface area contributed by atoms with E-state index < -0.39 is 0 Å². The summed E-state index contributed by atoms with van der Waals surface area (Å²) in [6, 6.07) is 5.72. The zero-order valence-electron chi connectivity index (χ0n) is 9.94. The largest absolute Gasteiger partial charge is 0.422 e. The van der Waals surface area contributed by atoms with Crippen LogP contribution in [-0.4, -0.2) is 14.8 Å². The van der Waals surface area contributed by atoms with Crippen molar-refractivity contribution < 1.29 is 4.42 Å². The van der Waals surface area contributed by atoms with Gasteiger partial charge in [-0.25, -0.2) is 0 Å². The lowest BCUT2D eigenvalue weighted by atomic mass is 10.3. The zero-order chi connectivity index (χ0) is 12.9. The van der Waals surface area contributed by atoms with E-state index in [1.54, 1.807) is 16.8 Å². The second-order valence-electron chi connectivity index (χ2n) is 4.12. The summed E-state index contributed by atoms with van der Waals surface area (Å²) in [4.78, 5) is 4.36. The van der Waals surface area contributed by atoms with E-state index in [-0.39, 0.29) is 0 Å². The Bertz CT molecular complexity index is 744. The molecule has 0 spiro atoms. The van der Waals surface area contributed by atoms with Gasteiger partial charge in [0.15, 0.2) is 5.58 Å². The van der Waals surface area contributed by atoms with Crippen LogP contribution >= 0.6 is 11.6 Å². The van der Waals surface area contributed by atoms with E-state index in [2.05, 4.69) is 10.1 Å². The summed E-state index contributed by atoms with van der Waals surface area (Å²) in [6.45, 7) is 3.71. The fourth-order valence-corrected chi connectivity index (χ4v) is 1.95. The van der Waals surface area contributed by atoms with Crippen molar-refractivity contribution in [3.05, 3.63) is 34.6 Å². The van der Waals surface area contributed by atoms with Gasteiger partial charge in [0, 0.05) is 11.8 Å². The predicted molar refractivity (Wildman–Crippen MR) is 70.0 cm³/mol. The van der Waals surface area contributed by atoms with Crippen LogP contribution in [0.25, 0.3) is 17.1 Å². The van der Waals surface area contributed by atoms with Crippen molar-refractivity contribution in [3.8, 4) is 6.01 Å². The van der Waals surface area contributed by atoms with Crippen LogP contribution < -0.4 is 5.73 Å². The standard InChI is InChI=1S/C12H11ClN4O/c1-6-11(13)7(2)17(16-6)12-15-9-4-3-8(14)5-10(9)18-12/h3-5H,14H2,1-2H3. The van der Waals surface area contributed by atoms with E-state index in [1.807, 2.05) is 19.9 Å². The minimum atomic E-state index is 0.392. The number of aryl methyl sites for hydroxylation is 1. The molecular weight excluding hydrogens is 252 g/mol. The lowest BCUT2D eigenvalue weighted by Crippen LogP contribution is -1.98. The van der Waals surface area contributed by atoms with E-state index in [1.165, 1.54) is 0 Å². The highest BCUT2D eigenvalue weighted by Gasteiger charge is 2.15. The zero-order valence-corrected chi connectivity index (χ0v) is 10.7. The Morgan fingerprint density at radius 3 is 2.78 bits per heavy atom. The Hall–Kier alpha value is -2.01. The van der Waals surface area contributed by atoms with Gasteiger partial charge in [-0.15, -0.1) is 0 Å². The van der Waals surface area contributed by atoms with Gasteiger partial charge in [-0.1, -0.05) is 11.6 Å². The van der Waals surface area contributed by atoms with Crippen LogP contribution in [0.5, 0.6) is 0 Å². The molecule has 0 atom stereocenters. The number of nitrogens with zero attached hydrogens (tertiary/aromatic N) is 3. The molecule has 0 unspecified atom stereocenters. The number of nitrogens with two attached hydrogens (primary N) is 1. The van der Waals surface area contributed by atoms with Gasteiger partial charge in [-0.05, 0) is 26.0 Å². The van der Waals surface area contributed by atoms with Crippen LogP contribution in [0.1, 0.15) is 11.4 Å². The molecule has 0 saturated carbocycles. The summed E-state index contributed by atoms with van der Waals surface area (Å²) >= 11 is 6.10. The highest BCUT2D eigenvalue weighted by molar-refractivity contribution is 6.31. The number of fused-ring (bicyclic) bond motifs is 1. The molecule has 0 aliphatic carbocycles. The third-order valence-corrected chi connectivity index (χ3v) is 3.33. The highest BCUT2D eigenvalue weighted by atomic mass is 35.5. The molecule has 18 heavy (non-hydrogen) atoms. The van der Waals surface area contributed by atoms with Crippen LogP contribution in [0.2, 0.25) is 5.02 Å². The first-order valence-corrected chi connectivity index (χ1v) is 5.82. The normalized spacial score (nSPS) is 11.3. The van der Waals surface area contributed by atoms with Crippen molar-refractivity contribution in [2.24, 2.45) is 0 Å². The minimum absolute atomic E-state index is 0.392. The average Bonchev–Trinajstić information content (AvgIpc) is 2.85. The molecule has 5 nitrogen and oxygen atoms in total. The van der Waals surface area contributed by atoms with Gasteiger partial charge >= 0.3 is 6.01 Å². The maximum absolute atomic E-state index is 6.10.